The highest BCUT2D eigenvalue weighted by Gasteiger charge is 2.22. The van der Waals surface area contributed by atoms with Crippen molar-refractivity contribution < 1.29 is 22.3 Å². The summed E-state index contributed by atoms with van der Waals surface area (Å²) in [6, 6.07) is 5.37. The van der Waals surface area contributed by atoms with Gasteiger partial charge in [0.25, 0.3) is 10.0 Å². The summed E-state index contributed by atoms with van der Waals surface area (Å²) in [6.45, 7) is 6.10. The Labute approximate surface area is 203 Å². The van der Waals surface area contributed by atoms with Crippen molar-refractivity contribution in [1.82, 2.24) is 15.0 Å². The molecule has 1 fully saturated rings. The van der Waals surface area contributed by atoms with E-state index in [-0.39, 0.29) is 11.6 Å². The van der Waals surface area contributed by atoms with Crippen molar-refractivity contribution in [3.63, 3.8) is 0 Å². The van der Waals surface area contributed by atoms with Gasteiger partial charge in [0.2, 0.25) is 5.88 Å². The molecular formula is C24H24FN5O4S. The van der Waals surface area contributed by atoms with Crippen LogP contribution in [-0.4, -0.2) is 56.8 Å². The maximum absolute atomic E-state index is 14.3. The minimum Gasteiger partial charge on any atom is -0.479 e. The summed E-state index contributed by atoms with van der Waals surface area (Å²) in [5.74, 6) is 5.99. The number of rotatable bonds is 5. The standard InChI is InChI=1S/C24H24FN5O4S/c1-16-4-7-22(20(25)12-16)35(31,32)29-21-13-18(14-26-24(21)33-3)5-6-19-17(2)27-15-28-23(19)30-8-10-34-11-9-30/h4,7,12-15,29H,8-11H2,1-3H3. The highest BCUT2D eigenvalue weighted by molar-refractivity contribution is 7.92. The number of hydrogen-bond acceptors (Lipinski definition) is 8. The predicted molar refractivity (Wildman–Crippen MR) is 129 cm³/mol. The molecule has 1 aromatic carbocycles. The zero-order chi connectivity index (χ0) is 25.0. The van der Waals surface area contributed by atoms with Crippen LogP contribution >= 0.6 is 0 Å². The van der Waals surface area contributed by atoms with Gasteiger partial charge in [0.1, 0.15) is 28.5 Å². The third-order valence-corrected chi connectivity index (χ3v) is 6.72. The van der Waals surface area contributed by atoms with Crippen molar-refractivity contribution in [2.45, 2.75) is 18.7 Å². The molecule has 0 unspecified atom stereocenters. The summed E-state index contributed by atoms with van der Waals surface area (Å²) in [4.78, 5) is 14.4. The Morgan fingerprint density at radius 1 is 1.11 bits per heavy atom. The summed E-state index contributed by atoms with van der Waals surface area (Å²) >= 11 is 0. The number of methoxy groups -OCH3 is 1. The molecule has 182 valence electrons. The van der Waals surface area contributed by atoms with Gasteiger partial charge in [-0.1, -0.05) is 17.9 Å². The molecule has 3 aromatic rings. The van der Waals surface area contributed by atoms with Crippen molar-refractivity contribution >= 4 is 21.5 Å². The van der Waals surface area contributed by atoms with E-state index in [9.17, 15) is 12.8 Å². The number of halogens is 1. The highest BCUT2D eigenvalue weighted by atomic mass is 32.2. The Balaban J connectivity index is 1.68. The largest absolute Gasteiger partial charge is 0.479 e. The number of benzene rings is 1. The molecule has 0 saturated carbocycles. The lowest BCUT2D eigenvalue weighted by Crippen LogP contribution is -2.37. The maximum Gasteiger partial charge on any atom is 0.264 e. The Kier molecular flexibility index (Phi) is 7.14. The van der Waals surface area contributed by atoms with Gasteiger partial charge in [0.05, 0.1) is 31.6 Å². The molecule has 35 heavy (non-hydrogen) atoms. The fourth-order valence-corrected chi connectivity index (χ4v) is 4.65. The molecule has 1 aliphatic heterocycles. The lowest BCUT2D eigenvalue weighted by molar-refractivity contribution is 0.122. The van der Waals surface area contributed by atoms with Gasteiger partial charge in [0, 0.05) is 24.8 Å². The van der Waals surface area contributed by atoms with Gasteiger partial charge in [-0.3, -0.25) is 4.72 Å². The minimum atomic E-state index is -4.24. The Bertz CT molecular complexity index is 1410. The average molecular weight is 498 g/mol. The molecule has 2 aromatic heterocycles. The molecular weight excluding hydrogens is 473 g/mol. The molecule has 1 saturated heterocycles. The summed E-state index contributed by atoms with van der Waals surface area (Å²) in [6.07, 6.45) is 2.96. The van der Waals surface area contributed by atoms with Gasteiger partial charge >= 0.3 is 0 Å². The SMILES string of the molecule is COc1ncc(C#Cc2c(C)ncnc2N2CCOCC2)cc1NS(=O)(=O)c1ccc(C)cc1F. The smallest absolute Gasteiger partial charge is 0.264 e. The van der Waals surface area contributed by atoms with Gasteiger partial charge in [0.15, 0.2) is 0 Å². The van der Waals surface area contributed by atoms with E-state index < -0.39 is 20.7 Å². The Hall–Kier alpha value is -3.75. The van der Waals surface area contributed by atoms with E-state index in [1.54, 1.807) is 6.92 Å². The number of pyridine rings is 1. The zero-order valence-corrected chi connectivity index (χ0v) is 20.3. The molecule has 9 nitrogen and oxygen atoms in total. The van der Waals surface area contributed by atoms with E-state index in [2.05, 4.69) is 36.4 Å². The first-order valence-corrected chi connectivity index (χ1v) is 12.3. The minimum absolute atomic E-state index is 0.0277. The van der Waals surface area contributed by atoms with E-state index in [4.69, 9.17) is 9.47 Å². The molecule has 0 radical (unpaired) electrons. The number of ether oxygens (including phenoxy) is 2. The molecule has 11 heteroatoms. The van der Waals surface area contributed by atoms with Crippen LogP contribution < -0.4 is 14.4 Å². The van der Waals surface area contributed by atoms with Crippen LogP contribution in [0.15, 0.2) is 41.7 Å². The van der Waals surface area contributed by atoms with E-state index >= 15 is 0 Å². The molecule has 0 aliphatic carbocycles. The Morgan fingerprint density at radius 2 is 1.89 bits per heavy atom. The molecule has 0 bridgehead atoms. The Morgan fingerprint density at radius 3 is 2.60 bits per heavy atom. The molecule has 0 spiro atoms. The first kappa shape index (κ1) is 24.4. The van der Waals surface area contributed by atoms with Crippen LogP contribution in [0.25, 0.3) is 0 Å². The van der Waals surface area contributed by atoms with Crippen molar-refractivity contribution in [2.75, 3.05) is 43.0 Å². The summed E-state index contributed by atoms with van der Waals surface area (Å²) in [7, 11) is -2.88. The van der Waals surface area contributed by atoms with Gasteiger partial charge in [-0.2, -0.15) is 0 Å². The maximum atomic E-state index is 14.3. The van der Waals surface area contributed by atoms with Crippen LogP contribution in [-0.2, 0) is 14.8 Å². The van der Waals surface area contributed by atoms with Crippen LogP contribution in [0.5, 0.6) is 5.88 Å². The number of aromatic nitrogens is 3. The van der Waals surface area contributed by atoms with E-state index in [1.807, 2.05) is 6.92 Å². The summed E-state index contributed by atoms with van der Waals surface area (Å²) in [5.41, 5.74) is 2.44. The molecule has 0 atom stereocenters. The van der Waals surface area contributed by atoms with Crippen molar-refractivity contribution in [1.29, 1.82) is 0 Å². The number of nitrogens with one attached hydrogen (secondary N) is 1. The second-order valence-electron chi connectivity index (χ2n) is 7.83. The lowest BCUT2D eigenvalue weighted by Gasteiger charge is -2.28. The predicted octanol–water partition coefficient (Wildman–Crippen LogP) is 2.67. The van der Waals surface area contributed by atoms with Gasteiger partial charge in [-0.15, -0.1) is 0 Å². The van der Waals surface area contributed by atoms with Gasteiger partial charge in [-0.05, 0) is 37.6 Å². The third kappa shape index (κ3) is 5.50. The van der Waals surface area contributed by atoms with Crippen molar-refractivity contribution in [3.8, 4) is 17.7 Å². The molecule has 3 heterocycles. The zero-order valence-electron chi connectivity index (χ0n) is 19.5. The molecule has 1 N–H and O–H groups in total. The number of sulfonamides is 1. The second kappa shape index (κ2) is 10.2. The monoisotopic (exact) mass is 497 g/mol. The van der Waals surface area contributed by atoms with Crippen molar-refractivity contribution in [2.24, 2.45) is 0 Å². The quantitative estimate of drug-likeness (QED) is 0.537. The number of nitrogens with zero attached hydrogens (tertiary/aromatic N) is 4. The summed E-state index contributed by atoms with van der Waals surface area (Å²) in [5, 5.41) is 0. The molecule has 1 aliphatic rings. The van der Waals surface area contributed by atoms with Crippen LogP contribution in [0.1, 0.15) is 22.4 Å². The van der Waals surface area contributed by atoms with Crippen LogP contribution in [0.2, 0.25) is 0 Å². The fourth-order valence-electron chi connectivity index (χ4n) is 3.54. The van der Waals surface area contributed by atoms with Crippen LogP contribution in [0.4, 0.5) is 15.9 Å². The third-order valence-electron chi connectivity index (χ3n) is 5.32. The second-order valence-corrected chi connectivity index (χ2v) is 9.48. The van der Waals surface area contributed by atoms with Gasteiger partial charge in [-0.25, -0.2) is 27.8 Å². The van der Waals surface area contributed by atoms with Crippen molar-refractivity contribution in [3.05, 3.63) is 65.0 Å². The average Bonchev–Trinajstić information content (AvgIpc) is 2.83. The number of aryl methyl sites for hydroxylation is 2. The van der Waals surface area contributed by atoms with E-state index in [1.165, 1.54) is 37.8 Å². The molecule has 0 amide bonds. The highest BCUT2D eigenvalue weighted by Crippen LogP contribution is 2.27. The van der Waals surface area contributed by atoms with Crippen LogP contribution in [0, 0.1) is 31.5 Å². The van der Waals surface area contributed by atoms with Crippen LogP contribution in [0.3, 0.4) is 0 Å². The fraction of sp³-hybridized carbons (Fsp3) is 0.292. The first-order valence-electron chi connectivity index (χ1n) is 10.8. The van der Waals surface area contributed by atoms with Gasteiger partial charge < -0.3 is 14.4 Å². The topological polar surface area (TPSA) is 107 Å². The van der Waals surface area contributed by atoms with E-state index in [0.29, 0.717) is 54.5 Å². The number of anilines is 2. The number of hydrogen-bond donors (Lipinski definition) is 1. The number of morpholine rings is 1. The normalized spacial score (nSPS) is 13.7. The van der Waals surface area contributed by atoms with E-state index in [0.717, 1.165) is 6.07 Å². The first-order chi connectivity index (χ1) is 16.8. The lowest BCUT2D eigenvalue weighted by atomic mass is 10.2. The summed E-state index contributed by atoms with van der Waals surface area (Å²) < 4.78 is 53.0. The molecule has 4 rings (SSSR count).